The minimum Gasteiger partial charge on any atom is -0.363 e. The van der Waals surface area contributed by atoms with Crippen LogP contribution in [0.2, 0.25) is 0 Å². The molecular weight excluding hydrogens is 341 g/mol. The molecule has 0 bridgehead atoms. The van der Waals surface area contributed by atoms with Crippen molar-refractivity contribution in [3.63, 3.8) is 0 Å². The molecule has 4 nitrogen and oxygen atoms in total. The van der Waals surface area contributed by atoms with E-state index in [4.69, 9.17) is 0 Å². The van der Waals surface area contributed by atoms with Crippen molar-refractivity contribution in [2.45, 2.75) is 19.1 Å². The van der Waals surface area contributed by atoms with Crippen LogP contribution in [0.3, 0.4) is 0 Å². The Morgan fingerprint density at radius 1 is 0.885 bits per heavy atom. The SMILES string of the molecule is CC(Nc1cc(Nc2cccc(C(F)(F)F)c2)ncn1)c1ccccc1. The van der Waals surface area contributed by atoms with Gasteiger partial charge < -0.3 is 10.6 Å². The van der Waals surface area contributed by atoms with Crippen molar-refractivity contribution in [1.82, 2.24) is 9.97 Å². The molecule has 0 saturated carbocycles. The summed E-state index contributed by atoms with van der Waals surface area (Å²) in [4.78, 5) is 8.22. The lowest BCUT2D eigenvalue weighted by atomic mass is 10.1. The van der Waals surface area contributed by atoms with Gasteiger partial charge in [0.05, 0.1) is 5.56 Å². The fraction of sp³-hybridized carbons (Fsp3) is 0.158. The first kappa shape index (κ1) is 17.7. The van der Waals surface area contributed by atoms with E-state index in [1.54, 1.807) is 12.1 Å². The Morgan fingerprint density at radius 2 is 1.62 bits per heavy atom. The highest BCUT2D eigenvalue weighted by molar-refractivity contribution is 5.60. The molecular formula is C19H17F3N4. The molecule has 0 saturated heterocycles. The number of hydrogen-bond donors (Lipinski definition) is 2. The van der Waals surface area contributed by atoms with Crippen molar-refractivity contribution in [3.05, 3.63) is 78.1 Å². The van der Waals surface area contributed by atoms with E-state index in [-0.39, 0.29) is 6.04 Å². The van der Waals surface area contributed by atoms with E-state index in [9.17, 15) is 13.2 Å². The predicted molar refractivity (Wildman–Crippen MR) is 95.2 cm³/mol. The van der Waals surface area contributed by atoms with Crippen molar-refractivity contribution in [2.24, 2.45) is 0 Å². The van der Waals surface area contributed by atoms with Crippen molar-refractivity contribution < 1.29 is 13.2 Å². The van der Waals surface area contributed by atoms with Crippen molar-refractivity contribution >= 4 is 17.3 Å². The molecule has 134 valence electrons. The Labute approximate surface area is 149 Å². The average molecular weight is 358 g/mol. The van der Waals surface area contributed by atoms with Gasteiger partial charge in [-0.15, -0.1) is 0 Å². The highest BCUT2D eigenvalue weighted by Crippen LogP contribution is 2.31. The van der Waals surface area contributed by atoms with Gasteiger partial charge in [-0.05, 0) is 30.7 Å². The van der Waals surface area contributed by atoms with E-state index in [2.05, 4.69) is 20.6 Å². The number of alkyl halides is 3. The summed E-state index contributed by atoms with van der Waals surface area (Å²) in [5, 5.41) is 6.13. The van der Waals surface area contributed by atoms with Crippen LogP contribution < -0.4 is 10.6 Å². The second-order valence-electron chi connectivity index (χ2n) is 5.77. The number of hydrogen-bond acceptors (Lipinski definition) is 4. The first-order valence-corrected chi connectivity index (χ1v) is 7.99. The van der Waals surface area contributed by atoms with Crippen LogP contribution in [-0.4, -0.2) is 9.97 Å². The lowest BCUT2D eigenvalue weighted by Gasteiger charge is -2.15. The largest absolute Gasteiger partial charge is 0.416 e. The number of nitrogens with zero attached hydrogens (tertiary/aromatic N) is 2. The minimum absolute atomic E-state index is 0.0208. The molecule has 2 aromatic carbocycles. The maximum absolute atomic E-state index is 12.8. The van der Waals surface area contributed by atoms with Crippen LogP contribution in [0.4, 0.5) is 30.5 Å². The van der Waals surface area contributed by atoms with Crippen molar-refractivity contribution in [2.75, 3.05) is 10.6 Å². The van der Waals surface area contributed by atoms with E-state index < -0.39 is 11.7 Å². The molecule has 1 heterocycles. The molecule has 0 radical (unpaired) electrons. The van der Waals surface area contributed by atoms with Crippen LogP contribution in [0.5, 0.6) is 0 Å². The zero-order valence-electron chi connectivity index (χ0n) is 14.0. The van der Waals surface area contributed by atoms with Crippen LogP contribution in [0.25, 0.3) is 0 Å². The third kappa shape index (κ3) is 4.50. The minimum atomic E-state index is -4.39. The molecule has 1 unspecified atom stereocenters. The standard InChI is InChI=1S/C19H17F3N4/c1-13(14-6-3-2-4-7-14)25-17-11-18(24-12-23-17)26-16-9-5-8-15(10-16)19(20,21)22/h2-13H,1H3,(H2,23,24,25,26). The lowest BCUT2D eigenvalue weighted by Crippen LogP contribution is -2.08. The molecule has 2 N–H and O–H groups in total. The maximum atomic E-state index is 12.8. The molecule has 0 amide bonds. The molecule has 3 rings (SSSR count). The van der Waals surface area contributed by atoms with E-state index in [1.807, 2.05) is 37.3 Å². The smallest absolute Gasteiger partial charge is 0.363 e. The number of benzene rings is 2. The second kappa shape index (κ2) is 7.43. The number of nitrogens with one attached hydrogen (secondary N) is 2. The van der Waals surface area contributed by atoms with Crippen molar-refractivity contribution in [3.8, 4) is 0 Å². The summed E-state index contributed by atoms with van der Waals surface area (Å²) in [7, 11) is 0. The van der Waals surface area contributed by atoms with E-state index in [1.165, 1.54) is 12.4 Å². The number of rotatable bonds is 5. The molecule has 0 aliphatic heterocycles. The zero-order valence-corrected chi connectivity index (χ0v) is 14.0. The quantitative estimate of drug-likeness (QED) is 0.640. The molecule has 3 aromatic rings. The summed E-state index contributed by atoms with van der Waals surface area (Å²) < 4.78 is 38.4. The molecule has 0 fully saturated rings. The Balaban J connectivity index is 1.74. The highest BCUT2D eigenvalue weighted by atomic mass is 19.4. The predicted octanol–water partition coefficient (Wildman–Crippen LogP) is 5.41. The summed E-state index contributed by atoms with van der Waals surface area (Å²) in [6, 6.07) is 16.5. The first-order chi connectivity index (χ1) is 12.4. The van der Waals surface area contributed by atoms with Gasteiger partial charge in [0.25, 0.3) is 0 Å². The summed E-state index contributed by atoms with van der Waals surface area (Å²) in [6.07, 6.45) is -3.03. The summed E-state index contributed by atoms with van der Waals surface area (Å²) in [5.74, 6) is 0.980. The van der Waals surface area contributed by atoms with Gasteiger partial charge in [-0.25, -0.2) is 9.97 Å². The maximum Gasteiger partial charge on any atom is 0.416 e. The van der Waals surface area contributed by atoms with Gasteiger partial charge in [0.1, 0.15) is 18.0 Å². The van der Waals surface area contributed by atoms with Crippen LogP contribution in [-0.2, 0) is 6.18 Å². The van der Waals surface area contributed by atoms with E-state index in [0.29, 0.717) is 17.3 Å². The summed E-state index contributed by atoms with van der Waals surface area (Å²) >= 11 is 0. The van der Waals surface area contributed by atoms with Crippen LogP contribution >= 0.6 is 0 Å². The third-order valence-corrected chi connectivity index (χ3v) is 3.79. The monoisotopic (exact) mass is 358 g/mol. The Hall–Kier alpha value is -3.09. The van der Waals surface area contributed by atoms with Gasteiger partial charge in [-0.2, -0.15) is 13.2 Å². The van der Waals surface area contributed by atoms with Gasteiger partial charge in [-0.1, -0.05) is 36.4 Å². The molecule has 1 aromatic heterocycles. The van der Waals surface area contributed by atoms with Crippen LogP contribution in [0, 0.1) is 0 Å². The third-order valence-electron chi connectivity index (χ3n) is 3.79. The fourth-order valence-corrected chi connectivity index (χ4v) is 2.47. The van der Waals surface area contributed by atoms with Crippen LogP contribution in [0.1, 0.15) is 24.1 Å². The summed E-state index contributed by atoms with van der Waals surface area (Å²) in [5.41, 5.74) is 0.687. The van der Waals surface area contributed by atoms with E-state index in [0.717, 1.165) is 17.7 Å². The topological polar surface area (TPSA) is 49.8 Å². The summed E-state index contributed by atoms with van der Waals surface area (Å²) in [6.45, 7) is 2.00. The van der Waals surface area contributed by atoms with Gasteiger partial charge in [0.15, 0.2) is 0 Å². The molecule has 0 aliphatic rings. The molecule has 0 spiro atoms. The van der Waals surface area contributed by atoms with Crippen molar-refractivity contribution in [1.29, 1.82) is 0 Å². The number of aromatic nitrogens is 2. The molecule has 7 heteroatoms. The second-order valence-corrected chi connectivity index (χ2v) is 5.77. The highest BCUT2D eigenvalue weighted by Gasteiger charge is 2.30. The van der Waals surface area contributed by atoms with Gasteiger partial charge >= 0.3 is 6.18 Å². The van der Waals surface area contributed by atoms with Gasteiger partial charge in [-0.3, -0.25) is 0 Å². The molecule has 26 heavy (non-hydrogen) atoms. The number of halogens is 3. The molecule has 0 aliphatic carbocycles. The zero-order chi connectivity index (χ0) is 18.6. The first-order valence-electron chi connectivity index (χ1n) is 7.99. The number of anilines is 3. The van der Waals surface area contributed by atoms with Gasteiger partial charge in [0.2, 0.25) is 0 Å². The normalized spacial score (nSPS) is 12.5. The Morgan fingerprint density at radius 3 is 2.35 bits per heavy atom. The molecule has 1 atom stereocenters. The lowest BCUT2D eigenvalue weighted by molar-refractivity contribution is -0.137. The fourth-order valence-electron chi connectivity index (χ4n) is 2.47. The Kier molecular flexibility index (Phi) is 5.06. The van der Waals surface area contributed by atoms with Crippen LogP contribution in [0.15, 0.2) is 67.0 Å². The van der Waals surface area contributed by atoms with E-state index >= 15 is 0 Å². The average Bonchev–Trinajstić information content (AvgIpc) is 2.62. The van der Waals surface area contributed by atoms with Gasteiger partial charge in [0, 0.05) is 17.8 Å². The Bertz CT molecular complexity index is 866.